The summed E-state index contributed by atoms with van der Waals surface area (Å²) in [6.07, 6.45) is 8.03. The number of piperazine rings is 1. The van der Waals surface area contributed by atoms with Crippen LogP contribution in [0.3, 0.4) is 0 Å². The molecular formula is C15H26N2O2S. The Morgan fingerprint density at radius 2 is 2.05 bits per heavy atom. The van der Waals surface area contributed by atoms with Crippen molar-refractivity contribution in [2.75, 3.05) is 12.8 Å². The molecule has 0 aromatic heterocycles. The normalized spacial score (nSPS) is 29.1. The van der Waals surface area contributed by atoms with Crippen molar-refractivity contribution in [1.29, 1.82) is 0 Å². The van der Waals surface area contributed by atoms with Crippen LogP contribution in [0.2, 0.25) is 0 Å². The van der Waals surface area contributed by atoms with E-state index >= 15 is 0 Å². The highest BCUT2D eigenvalue weighted by Gasteiger charge is 2.45. The van der Waals surface area contributed by atoms with Crippen molar-refractivity contribution in [2.45, 2.75) is 69.2 Å². The van der Waals surface area contributed by atoms with E-state index in [9.17, 15) is 9.59 Å². The summed E-state index contributed by atoms with van der Waals surface area (Å²) in [4.78, 5) is 26.8. The van der Waals surface area contributed by atoms with Gasteiger partial charge >= 0.3 is 0 Å². The zero-order valence-corrected chi connectivity index (χ0v) is 13.6. The molecule has 2 rings (SSSR count). The molecule has 2 atom stereocenters. The van der Waals surface area contributed by atoms with Gasteiger partial charge in [0.15, 0.2) is 0 Å². The number of amides is 2. The van der Waals surface area contributed by atoms with E-state index in [4.69, 9.17) is 0 Å². The Kier molecular flexibility index (Phi) is 4.99. The van der Waals surface area contributed by atoms with E-state index in [0.29, 0.717) is 6.42 Å². The molecule has 0 radical (unpaired) electrons. The maximum atomic E-state index is 12.7. The maximum Gasteiger partial charge on any atom is 0.245 e. The minimum atomic E-state index is -0.311. The Hall–Kier alpha value is -0.710. The Balaban J connectivity index is 2.15. The van der Waals surface area contributed by atoms with Gasteiger partial charge in [0.05, 0.1) is 0 Å². The molecule has 4 nitrogen and oxygen atoms in total. The van der Waals surface area contributed by atoms with Crippen molar-refractivity contribution in [3.05, 3.63) is 0 Å². The van der Waals surface area contributed by atoms with Gasteiger partial charge in [0, 0.05) is 11.3 Å². The summed E-state index contributed by atoms with van der Waals surface area (Å²) < 4.78 is 0.192. The molecule has 0 aromatic rings. The molecule has 2 fully saturated rings. The molecule has 0 bridgehead atoms. The van der Waals surface area contributed by atoms with Crippen molar-refractivity contribution >= 4 is 23.6 Å². The smallest absolute Gasteiger partial charge is 0.245 e. The largest absolute Gasteiger partial charge is 0.343 e. The molecule has 114 valence electrons. The topological polar surface area (TPSA) is 49.4 Å². The first-order valence-electron chi connectivity index (χ1n) is 7.73. The first-order valence-corrected chi connectivity index (χ1v) is 8.95. The number of nitrogens with one attached hydrogen (secondary N) is 1. The number of hydrogen-bond donors (Lipinski definition) is 1. The summed E-state index contributed by atoms with van der Waals surface area (Å²) in [5, 5.41) is 2.90. The fraction of sp³-hybridized carbons (Fsp3) is 0.867. The number of rotatable bonds is 6. The molecule has 0 spiro atoms. The van der Waals surface area contributed by atoms with Crippen LogP contribution in [0.5, 0.6) is 0 Å². The van der Waals surface area contributed by atoms with Crippen LogP contribution in [0.1, 0.15) is 52.4 Å². The van der Waals surface area contributed by atoms with E-state index in [1.54, 1.807) is 0 Å². The van der Waals surface area contributed by atoms with E-state index in [2.05, 4.69) is 11.6 Å². The molecule has 20 heavy (non-hydrogen) atoms. The first kappa shape index (κ1) is 15.7. The number of thioether (sulfide) groups is 1. The molecule has 2 aliphatic rings. The third-order valence-electron chi connectivity index (χ3n) is 4.70. The SMILES string of the molecule is CCCC1NC(=O)C(CC)N(CC2(SC)CCC2)C1=O. The Labute approximate surface area is 126 Å². The van der Waals surface area contributed by atoms with E-state index in [1.165, 1.54) is 6.42 Å². The second-order valence-electron chi connectivity index (χ2n) is 5.98. The molecule has 5 heteroatoms. The summed E-state index contributed by atoms with van der Waals surface area (Å²) in [6, 6.07) is -0.588. The Morgan fingerprint density at radius 1 is 1.35 bits per heavy atom. The molecule has 1 heterocycles. The number of hydrogen-bond acceptors (Lipinski definition) is 3. The van der Waals surface area contributed by atoms with Crippen LogP contribution < -0.4 is 5.32 Å². The molecule has 1 N–H and O–H groups in total. The summed E-state index contributed by atoms with van der Waals surface area (Å²) in [6.45, 7) is 4.77. The van der Waals surface area contributed by atoms with Crippen LogP contribution in [-0.4, -0.2) is 46.3 Å². The lowest BCUT2D eigenvalue weighted by atomic mass is 9.83. The Morgan fingerprint density at radius 3 is 2.50 bits per heavy atom. The third kappa shape index (κ3) is 2.83. The molecule has 1 saturated heterocycles. The van der Waals surface area contributed by atoms with Crippen LogP contribution in [0.15, 0.2) is 0 Å². The predicted octanol–water partition coefficient (Wildman–Crippen LogP) is 2.18. The quantitative estimate of drug-likeness (QED) is 0.817. The molecule has 1 aliphatic carbocycles. The fourth-order valence-corrected chi connectivity index (χ4v) is 4.18. The average Bonchev–Trinajstić information content (AvgIpc) is 2.39. The van der Waals surface area contributed by atoms with Crippen LogP contribution >= 0.6 is 11.8 Å². The lowest BCUT2D eigenvalue weighted by Crippen LogP contribution is -2.65. The number of carbonyl (C=O) groups is 2. The van der Waals surface area contributed by atoms with Gasteiger partial charge in [0.1, 0.15) is 12.1 Å². The van der Waals surface area contributed by atoms with Gasteiger partial charge in [0.25, 0.3) is 0 Å². The summed E-state index contributed by atoms with van der Waals surface area (Å²) >= 11 is 1.86. The minimum Gasteiger partial charge on any atom is -0.343 e. The van der Waals surface area contributed by atoms with Crippen molar-refractivity contribution in [1.82, 2.24) is 10.2 Å². The molecule has 2 unspecified atom stereocenters. The van der Waals surface area contributed by atoms with Crippen molar-refractivity contribution in [3.8, 4) is 0 Å². The van der Waals surface area contributed by atoms with Gasteiger partial charge in [0.2, 0.25) is 11.8 Å². The molecule has 2 amide bonds. The maximum absolute atomic E-state index is 12.7. The van der Waals surface area contributed by atoms with E-state index in [-0.39, 0.29) is 28.6 Å². The minimum absolute atomic E-state index is 0.0288. The summed E-state index contributed by atoms with van der Waals surface area (Å²) in [5.41, 5.74) is 0. The molecular weight excluding hydrogens is 272 g/mol. The lowest BCUT2D eigenvalue weighted by Gasteiger charge is -2.48. The van der Waals surface area contributed by atoms with Crippen LogP contribution in [0.4, 0.5) is 0 Å². The zero-order valence-electron chi connectivity index (χ0n) is 12.8. The Bertz CT molecular complexity index is 377. The zero-order chi connectivity index (χ0) is 14.8. The van der Waals surface area contributed by atoms with E-state index in [0.717, 1.165) is 32.2 Å². The van der Waals surface area contributed by atoms with Crippen LogP contribution in [0.25, 0.3) is 0 Å². The van der Waals surface area contributed by atoms with Crippen molar-refractivity contribution < 1.29 is 9.59 Å². The first-order chi connectivity index (χ1) is 9.56. The van der Waals surface area contributed by atoms with E-state index in [1.807, 2.05) is 30.5 Å². The van der Waals surface area contributed by atoms with Gasteiger partial charge in [-0.2, -0.15) is 11.8 Å². The highest BCUT2D eigenvalue weighted by molar-refractivity contribution is 8.00. The predicted molar refractivity (Wildman–Crippen MR) is 82.7 cm³/mol. The highest BCUT2D eigenvalue weighted by Crippen LogP contribution is 2.44. The standard InChI is InChI=1S/C15H26N2O2S/c1-4-7-11-14(19)17(12(5-2)13(18)16-11)10-15(20-3)8-6-9-15/h11-12H,4-10H2,1-3H3,(H,16,18). The van der Waals surface area contributed by atoms with Gasteiger partial charge in [-0.1, -0.05) is 26.7 Å². The summed E-state index contributed by atoms with van der Waals surface area (Å²) in [7, 11) is 0. The van der Waals surface area contributed by atoms with Crippen molar-refractivity contribution in [2.24, 2.45) is 0 Å². The average molecular weight is 298 g/mol. The number of carbonyl (C=O) groups excluding carboxylic acids is 2. The second-order valence-corrected chi connectivity index (χ2v) is 7.25. The second kappa shape index (κ2) is 6.37. The molecule has 1 saturated carbocycles. The highest BCUT2D eigenvalue weighted by atomic mass is 32.2. The monoisotopic (exact) mass is 298 g/mol. The van der Waals surface area contributed by atoms with Gasteiger partial charge in [-0.15, -0.1) is 0 Å². The molecule has 1 aliphatic heterocycles. The van der Waals surface area contributed by atoms with Crippen molar-refractivity contribution in [3.63, 3.8) is 0 Å². The van der Waals surface area contributed by atoms with Crippen LogP contribution in [-0.2, 0) is 9.59 Å². The lowest BCUT2D eigenvalue weighted by molar-refractivity contribution is -0.150. The van der Waals surface area contributed by atoms with E-state index < -0.39 is 0 Å². The molecule has 0 aromatic carbocycles. The van der Waals surface area contributed by atoms with Gasteiger partial charge in [-0.3, -0.25) is 9.59 Å². The van der Waals surface area contributed by atoms with Gasteiger partial charge < -0.3 is 10.2 Å². The third-order valence-corrected chi connectivity index (χ3v) is 6.10. The summed E-state index contributed by atoms with van der Waals surface area (Å²) in [5.74, 6) is 0.153. The fourth-order valence-electron chi connectivity index (χ4n) is 3.21. The van der Waals surface area contributed by atoms with Gasteiger partial charge in [-0.05, 0) is 31.9 Å². The van der Waals surface area contributed by atoms with Crippen LogP contribution in [0, 0.1) is 0 Å². The van der Waals surface area contributed by atoms with Gasteiger partial charge in [-0.25, -0.2) is 0 Å². The number of nitrogens with zero attached hydrogens (tertiary/aromatic N) is 1.